The first-order valence-electron chi connectivity index (χ1n) is 24.6. The summed E-state index contributed by atoms with van der Waals surface area (Å²) < 4.78 is 4.57. The molecule has 2 heterocycles. The molecule has 0 aliphatic heterocycles. The van der Waals surface area contributed by atoms with Crippen molar-refractivity contribution in [2.45, 2.75) is 99.8 Å². The van der Waals surface area contributed by atoms with Crippen LogP contribution in [0.15, 0.2) is 176 Å². The van der Waals surface area contributed by atoms with Crippen LogP contribution in [0.1, 0.15) is 122 Å². The molecule has 0 fully saturated rings. The molecule has 0 amide bonds. The van der Waals surface area contributed by atoms with Crippen molar-refractivity contribution in [1.82, 2.24) is 14.1 Å². The van der Waals surface area contributed by atoms with E-state index in [0.717, 1.165) is 23.1 Å². The van der Waals surface area contributed by atoms with E-state index in [1.165, 1.54) is 82.6 Å². The molecule has 352 valence electrons. The first-order chi connectivity index (χ1) is 32.8. The van der Waals surface area contributed by atoms with Crippen LogP contribution in [-0.4, -0.2) is 59.6 Å². The van der Waals surface area contributed by atoms with Crippen molar-refractivity contribution >= 4 is 77.8 Å². The third kappa shape index (κ3) is 11.5. The van der Waals surface area contributed by atoms with E-state index >= 15 is 0 Å². The molecular formula is C65H71N4Sr+. The molecule has 8 aromatic carbocycles. The second-order valence-electron chi connectivity index (χ2n) is 19.9. The molecule has 10 rings (SSSR count). The Morgan fingerprint density at radius 1 is 0.443 bits per heavy atom. The predicted octanol–water partition coefficient (Wildman–Crippen LogP) is 17.6. The molecule has 0 unspecified atom stereocenters. The first-order valence-corrected chi connectivity index (χ1v) is 24.6. The zero-order valence-corrected chi connectivity index (χ0v) is 47.2. The molecule has 0 saturated carbocycles. The number of H-pyrrole nitrogens is 1. The molecule has 0 aliphatic rings. The predicted molar refractivity (Wildman–Crippen MR) is 303 cm³/mol. The quantitative estimate of drug-likeness (QED) is 0.0806. The van der Waals surface area contributed by atoms with Gasteiger partial charge in [0.05, 0.1) is 11.4 Å². The van der Waals surface area contributed by atoms with E-state index in [1.54, 1.807) is 0 Å². The summed E-state index contributed by atoms with van der Waals surface area (Å²) in [6, 6.07) is 58.0. The van der Waals surface area contributed by atoms with Crippen molar-refractivity contribution < 1.29 is 4.98 Å². The Balaban J connectivity index is 0.000000236. The van der Waals surface area contributed by atoms with E-state index in [9.17, 15) is 0 Å². The molecule has 4 nitrogen and oxygen atoms in total. The van der Waals surface area contributed by atoms with Crippen LogP contribution in [0.2, 0.25) is 0 Å². The normalized spacial score (nSPS) is 11.2. The van der Waals surface area contributed by atoms with Crippen molar-refractivity contribution in [3.8, 4) is 45.3 Å². The number of nitrogens with one attached hydrogen (secondary N) is 1. The van der Waals surface area contributed by atoms with Crippen LogP contribution < -0.4 is 4.98 Å². The summed E-state index contributed by atoms with van der Waals surface area (Å²) in [6.45, 7) is 24.7. The van der Waals surface area contributed by atoms with Crippen LogP contribution in [0.3, 0.4) is 0 Å². The van der Waals surface area contributed by atoms with E-state index in [1.807, 2.05) is 30.6 Å². The minimum absolute atomic E-state index is 0. The molecule has 0 saturated heterocycles. The standard InChI is InChI=1S/C39H33N2.C21H24N2.C4H10.CH3.Sr/c1-25(2)35-23-29(24-36(26(3)4)38(35)41-21-20-40-39(41)27-12-6-5-7-13-27)28-18-19-34-32-16-9-8-14-30(32)31-15-10-11-17-33(31)37(34)22-28;1-15(2)18-11-8-12-19(16(3)4)20(18)23-14-13-22-21(23)17-9-6-5-7-10-17;1-4(2)3;;/h5-12,14-26H,1-4H3;5-16H,1-4H3;4H,1-3H3;1H3;/q-1;;;-1;+2/p+1. The van der Waals surface area contributed by atoms with Crippen molar-refractivity contribution in [3.63, 3.8) is 0 Å². The van der Waals surface area contributed by atoms with Gasteiger partial charge in [-0.1, -0.05) is 173 Å². The van der Waals surface area contributed by atoms with Gasteiger partial charge in [0.25, 0.3) is 5.82 Å². The van der Waals surface area contributed by atoms with Gasteiger partial charge in [0, 0.05) is 29.2 Å². The van der Waals surface area contributed by atoms with E-state index in [4.69, 9.17) is 4.98 Å². The minimum atomic E-state index is 0. The number of hydrogen-bond donors (Lipinski definition) is 0. The third-order valence-electron chi connectivity index (χ3n) is 12.6. The summed E-state index contributed by atoms with van der Waals surface area (Å²) >= 11 is 0. The molecular weight excluding hydrogens is 924 g/mol. The molecule has 0 spiro atoms. The van der Waals surface area contributed by atoms with E-state index in [-0.39, 0.29) is 52.9 Å². The Labute approximate surface area is 456 Å². The number of aromatic nitrogens is 4. The second-order valence-corrected chi connectivity index (χ2v) is 19.9. The van der Waals surface area contributed by atoms with Gasteiger partial charge in [-0.3, -0.25) is 4.98 Å². The molecule has 1 N–H and O–H groups in total. The summed E-state index contributed by atoms with van der Waals surface area (Å²) in [5, 5.41) is 7.82. The van der Waals surface area contributed by atoms with Crippen LogP contribution in [0, 0.1) is 19.4 Å². The Morgan fingerprint density at radius 3 is 1.44 bits per heavy atom. The van der Waals surface area contributed by atoms with Crippen LogP contribution in [0.4, 0.5) is 0 Å². The molecule has 0 atom stereocenters. The zero-order chi connectivity index (χ0) is 48.1. The number of fused-ring (bicyclic) bond motifs is 6. The van der Waals surface area contributed by atoms with Gasteiger partial charge in [-0.2, -0.15) is 4.57 Å². The summed E-state index contributed by atoms with van der Waals surface area (Å²) in [5.41, 5.74) is 12.7. The minimum Gasteiger partial charge on any atom is -0.358 e. The SMILES string of the molecule is CC(C)C.CC(C)c1cc(-c2ccc3c4ccccc4c4ccccc4c3c2)cc(C(C)C)c1-n1ccnc1-c1[c-]cccc1.CC(C)c1cccc(C(C)C)c1-n1cc[nH+]c1-c1ccccc1.[CH3-].[Sr+2]. The Bertz CT molecular complexity index is 3190. The van der Waals surface area contributed by atoms with Crippen molar-refractivity contribution in [3.05, 3.63) is 212 Å². The average molecular weight is 996 g/mol. The number of benzene rings is 8. The number of imidazole rings is 2. The summed E-state index contributed by atoms with van der Waals surface area (Å²) in [4.78, 5) is 8.18. The maximum atomic E-state index is 4.76. The third-order valence-corrected chi connectivity index (χ3v) is 12.6. The van der Waals surface area contributed by atoms with Gasteiger partial charge in [0.1, 0.15) is 18.1 Å². The van der Waals surface area contributed by atoms with Gasteiger partial charge in [-0.05, 0) is 114 Å². The number of rotatable bonds is 9. The maximum Gasteiger partial charge on any atom is 2.00 e. The van der Waals surface area contributed by atoms with Gasteiger partial charge in [0.15, 0.2) is 0 Å². The summed E-state index contributed by atoms with van der Waals surface area (Å²) in [6.07, 6.45) is 8.15. The summed E-state index contributed by atoms with van der Waals surface area (Å²) in [7, 11) is 0. The average Bonchev–Trinajstić information content (AvgIpc) is 4.05. The molecule has 5 heteroatoms. The van der Waals surface area contributed by atoms with Crippen LogP contribution in [-0.2, 0) is 0 Å². The fraction of sp³-hybridized carbons (Fsp3) is 0.246. The summed E-state index contributed by atoms with van der Waals surface area (Å²) in [5.74, 6) is 4.52. The van der Waals surface area contributed by atoms with Crippen molar-refractivity contribution in [2.75, 3.05) is 0 Å². The van der Waals surface area contributed by atoms with Crippen LogP contribution in [0.5, 0.6) is 0 Å². The molecule has 0 bridgehead atoms. The van der Waals surface area contributed by atoms with Crippen LogP contribution in [0.25, 0.3) is 77.6 Å². The van der Waals surface area contributed by atoms with E-state index < -0.39 is 0 Å². The van der Waals surface area contributed by atoms with Gasteiger partial charge >= 0.3 is 45.5 Å². The maximum absolute atomic E-state index is 4.76. The van der Waals surface area contributed by atoms with Crippen molar-refractivity contribution in [1.29, 1.82) is 0 Å². The van der Waals surface area contributed by atoms with E-state index in [2.05, 4.69) is 242 Å². The Kier molecular flexibility index (Phi) is 18.5. The second kappa shape index (κ2) is 24.0. The largest absolute Gasteiger partial charge is 2.00 e. The molecule has 0 radical (unpaired) electrons. The number of hydrogen-bond acceptors (Lipinski definition) is 1. The molecule has 2 aromatic heterocycles. The van der Waals surface area contributed by atoms with Gasteiger partial charge < -0.3 is 12.0 Å². The smallest absolute Gasteiger partial charge is 0.358 e. The van der Waals surface area contributed by atoms with E-state index in [0.29, 0.717) is 23.7 Å². The van der Waals surface area contributed by atoms with Gasteiger partial charge in [-0.25, -0.2) is 4.98 Å². The fourth-order valence-corrected chi connectivity index (χ4v) is 9.44. The Hall–Kier alpha value is -5.56. The molecule has 0 aliphatic carbocycles. The molecule has 10 aromatic rings. The van der Waals surface area contributed by atoms with Crippen molar-refractivity contribution in [2.24, 2.45) is 5.92 Å². The number of nitrogens with zero attached hydrogens (tertiary/aromatic N) is 3. The first kappa shape index (κ1) is 53.8. The van der Waals surface area contributed by atoms with Gasteiger partial charge in [-0.15, -0.1) is 35.9 Å². The molecule has 70 heavy (non-hydrogen) atoms. The topological polar surface area (TPSA) is 36.9 Å². The zero-order valence-electron chi connectivity index (χ0n) is 43.7. The number of aromatic amines is 1. The van der Waals surface area contributed by atoms with Gasteiger partial charge in [0.2, 0.25) is 0 Å². The Morgan fingerprint density at radius 2 is 0.929 bits per heavy atom. The monoisotopic (exact) mass is 995 g/mol. The number of para-hydroxylation sites is 1. The van der Waals surface area contributed by atoms with Crippen LogP contribution >= 0.6 is 0 Å². The fourth-order valence-electron chi connectivity index (χ4n) is 9.44.